The summed E-state index contributed by atoms with van der Waals surface area (Å²) in [6.45, 7) is 4.54. The molecular formula is C15H19N3O2. The van der Waals surface area contributed by atoms with E-state index in [4.69, 9.17) is 0 Å². The van der Waals surface area contributed by atoms with E-state index in [1.165, 1.54) is 5.69 Å². The lowest BCUT2D eigenvalue weighted by Crippen LogP contribution is -2.43. The molecule has 0 atom stereocenters. The van der Waals surface area contributed by atoms with E-state index in [0.717, 1.165) is 31.9 Å². The van der Waals surface area contributed by atoms with Crippen molar-refractivity contribution in [2.24, 2.45) is 0 Å². The highest BCUT2D eigenvalue weighted by Crippen LogP contribution is 2.23. The Balaban J connectivity index is 1.72. The van der Waals surface area contributed by atoms with E-state index < -0.39 is 0 Å². The lowest BCUT2D eigenvalue weighted by Gasteiger charge is -2.30. The molecule has 0 aromatic heterocycles. The SMILES string of the molecule is O=C1CCN(c2ccc(N3CCNCC3)cc2)C(=O)C1. The van der Waals surface area contributed by atoms with E-state index in [0.29, 0.717) is 13.0 Å². The lowest BCUT2D eigenvalue weighted by molar-refractivity contribution is -0.128. The fraction of sp³-hybridized carbons (Fsp3) is 0.467. The molecule has 0 bridgehead atoms. The van der Waals surface area contributed by atoms with Gasteiger partial charge in [-0.05, 0) is 24.3 Å². The fourth-order valence-corrected chi connectivity index (χ4v) is 2.75. The topological polar surface area (TPSA) is 52.7 Å². The molecular weight excluding hydrogens is 254 g/mol. The third-order valence-electron chi connectivity index (χ3n) is 3.91. The summed E-state index contributed by atoms with van der Waals surface area (Å²) in [6.07, 6.45) is 0.505. The van der Waals surface area contributed by atoms with E-state index >= 15 is 0 Å². The van der Waals surface area contributed by atoms with Crippen LogP contribution in [0.3, 0.4) is 0 Å². The second-order valence-corrected chi connectivity index (χ2v) is 5.26. The zero-order chi connectivity index (χ0) is 13.9. The van der Waals surface area contributed by atoms with Gasteiger partial charge in [-0.2, -0.15) is 0 Å². The molecule has 5 nitrogen and oxygen atoms in total. The number of amides is 1. The van der Waals surface area contributed by atoms with Crippen molar-refractivity contribution in [1.29, 1.82) is 0 Å². The zero-order valence-corrected chi connectivity index (χ0v) is 11.5. The number of rotatable bonds is 2. The Kier molecular flexibility index (Phi) is 3.69. The predicted octanol–water partition coefficient (Wildman–Crippen LogP) is 0.792. The van der Waals surface area contributed by atoms with Crippen LogP contribution in [0.1, 0.15) is 12.8 Å². The third kappa shape index (κ3) is 2.67. The Labute approximate surface area is 118 Å². The maximum atomic E-state index is 11.9. The monoisotopic (exact) mass is 273 g/mol. The average Bonchev–Trinajstić information content (AvgIpc) is 2.48. The summed E-state index contributed by atoms with van der Waals surface area (Å²) in [6, 6.07) is 8.07. The van der Waals surface area contributed by atoms with Crippen molar-refractivity contribution >= 4 is 23.1 Å². The molecule has 20 heavy (non-hydrogen) atoms. The van der Waals surface area contributed by atoms with E-state index in [1.54, 1.807) is 4.90 Å². The number of carbonyl (C=O) groups is 2. The molecule has 0 aliphatic carbocycles. The van der Waals surface area contributed by atoms with E-state index in [2.05, 4.69) is 22.3 Å². The summed E-state index contributed by atoms with van der Waals surface area (Å²) >= 11 is 0. The summed E-state index contributed by atoms with van der Waals surface area (Å²) < 4.78 is 0. The molecule has 1 N–H and O–H groups in total. The molecule has 2 heterocycles. The smallest absolute Gasteiger partial charge is 0.234 e. The number of Topliss-reactive ketones (excluding diaryl/α,β-unsaturated/α-hetero) is 1. The predicted molar refractivity (Wildman–Crippen MR) is 78.1 cm³/mol. The van der Waals surface area contributed by atoms with Crippen LogP contribution in [0.5, 0.6) is 0 Å². The molecule has 1 amide bonds. The van der Waals surface area contributed by atoms with Gasteiger partial charge < -0.3 is 15.1 Å². The molecule has 1 aromatic rings. The van der Waals surface area contributed by atoms with E-state index in [9.17, 15) is 9.59 Å². The first-order chi connectivity index (χ1) is 9.74. The Morgan fingerprint density at radius 3 is 2.20 bits per heavy atom. The molecule has 0 unspecified atom stereocenters. The number of benzene rings is 1. The number of hydrogen-bond donors (Lipinski definition) is 1. The molecule has 3 rings (SSSR count). The first-order valence-electron chi connectivity index (χ1n) is 7.12. The number of nitrogens with zero attached hydrogens (tertiary/aromatic N) is 2. The van der Waals surface area contributed by atoms with Gasteiger partial charge in [-0.1, -0.05) is 0 Å². The number of carbonyl (C=O) groups excluding carboxylic acids is 2. The van der Waals surface area contributed by atoms with Crippen molar-refractivity contribution in [3.05, 3.63) is 24.3 Å². The zero-order valence-electron chi connectivity index (χ0n) is 11.5. The maximum Gasteiger partial charge on any atom is 0.234 e. The molecule has 2 saturated heterocycles. The molecule has 5 heteroatoms. The Bertz CT molecular complexity index is 506. The van der Waals surface area contributed by atoms with Gasteiger partial charge in [-0.15, -0.1) is 0 Å². The van der Waals surface area contributed by atoms with Crippen LogP contribution in [-0.4, -0.2) is 44.4 Å². The maximum absolute atomic E-state index is 11.9. The van der Waals surface area contributed by atoms with Gasteiger partial charge in [0.2, 0.25) is 5.91 Å². The van der Waals surface area contributed by atoms with Crippen LogP contribution in [0.25, 0.3) is 0 Å². The second kappa shape index (κ2) is 5.63. The highest BCUT2D eigenvalue weighted by molar-refractivity contribution is 6.08. The molecule has 0 spiro atoms. The van der Waals surface area contributed by atoms with Gasteiger partial charge in [0.05, 0.1) is 6.42 Å². The van der Waals surface area contributed by atoms with Crippen LogP contribution in [-0.2, 0) is 9.59 Å². The van der Waals surface area contributed by atoms with Gasteiger partial charge in [0.1, 0.15) is 5.78 Å². The van der Waals surface area contributed by atoms with Gasteiger partial charge in [0.15, 0.2) is 0 Å². The van der Waals surface area contributed by atoms with Gasteiger partial charge in [-0.25, -0.2) is 0 Å². The minimum absolute atomic E-state index is 0.0412. The van der Waals surface area contributed by atoms with Crippen LogP contribution in [0, 0.1) is 0 Å². The Morgan fingerprint density at radius 2 is 1.55 bits per heavy atom. The Morgan fingerprint density at radius 1 is 0.900 bits per heavy atom. The fourth-order valence-electron chi connectivity index (χ4n) is 2.75. The molecule has 0 radical (unpaired) electrons. The summed E-state index contributed by atoms with van der Waals surface area (Å²) in [5.41, 5.74) is 2.08. The van der Waals surface area contributed by atoms with Crippen molar-refractivity contribution in [1.82, 2.24) is 5.32 Å². The van der Waals surface area contributed by atoms with Crippen molar-refractivity contribution in [3.63, 3.8) is 0 Å². The number of nitrogens with one attached hydrogen (secondary N) is 1. The molecule has 106 valence electrons. The van der Waals surface area contributed by atoms with Gasteiger partial charge in [0.25, 0.3) is 0 Å². The number of ketones is 1. The van der Waals surface area contributed by atoms with Crippen LogP contribution < -0.4 is 15.1 Å². The van der Waals surface area contributed by atoms with Crippen LogP contribution in [0.4, 0.5) is 11.4 Å². The standard InChI is InChI=1S/C15H19N3O2/c19-14-5-8-18(15(20)11-14)13-3-1-12(2-4-13)17-9-6-16-7-10-17/h1-4,16H,5-11H2. The average molecular weight is 273 g/mol. The first-order valence-corrected chi connectivity index (χ1v) is 7.12. The normalized spacial score (nSPS) is 20.4. The van der Waals surface area contributed by atoms with Crippen LogP contribution >= 0.6 is 0 Å². The Hall–Kier alpha value is -1.88. The molecule has 2 aliphatic rings. The summed E-state index contributed by atoms with van der Waals surface area (Å²) in [5, 5.41) is 3.33. The number of hydrogen-bond acceptors (Lipinski definition) is 4. The van der Waals surface area contributed by atoms with Gasteiger partial charge >= 0.3 is 0 Å². The summed E-state index contributed by atoms with van der Waals surface area (Å²) in [5.74, 6) is -0.0418. The third-order valence-corrected chi connectivity index (χ3v) is 3.91. The van der Waals surface area contributed by atoms with Crippen molar-refractivity contribution in [2.45, 2.75) is 12.8 Å². The lowest BCUT2D eigenvalue weighted by atomic mass is 10.1. The molecule has 1 aromatic carbocycles. The number of piperazine rings is 1. The molecule has 2 aliphatic heterocycles. The van der Waals surface area contributed by atoms with Crippen molar-refractivity contribution in [2.75, 3.05) is 42.5 Å². The van der Waals surface area contributed by atoms with Crippen molar-refractivity contribution in [3.8, 4) is 0 Å². The van der Waals surface area contributed by atoms with Gasteiger partial charge in [-0.3, -0.25) is 9.59 Å². The van der Waals surface area contributed by atoms with E-state index in [-0.39, 0.29) is 18.1 Å². The minimum Gasteiger partial charge on any atom is -0.369 e. The molecule has 2 fully saturated rings. The van der Waals surface area contributed by atoms with E-state index in [1.807, 2.05) is 12.1 Å². The highest BCUT2D eigenvalue weighted by Gasteiger charge is 2.24. The van der Waals surface area contributed by atoms with Gasteiger partial charge in [0, 0.05) is 50.5 Å². The number of anilines is 2. The second-order valence-electron chi connectivity index (χ2n) is 5.26. The summed E-state index contributed by atoms with van der Waals surface area (Å²) in [4.78, 5) is 27.2. The largest absolute Gasteiger partial charge is 0.369 e. The van der Waals surface area contributed by atoms with Crippen molar-refractivity contribution < 1.29 is 9.59 Å². The molecule has 0 saturated carbocycles. The summed E-state index contributed by atoms with van der Waals surface area (Å²) in [7, 11) is 0. The van der Waals surface area contributed by atoms with Crippen LogP contribution in [0.2, 0.25) is 0 Å². The number of piperidine rings is 1. The first kappa shape index (κ1) is 13.1. The quantitative estimate of drug-likeness (QED) is 0.810. The minimum atomic E-state index is -0.0869. The highest BCUT2D eigenvalue weighted by atomic mass is 16.2. The van der Waals surface area contributed by atoms with Crippen LogP contribution in [0.15, 0.2) is 24.3 Å².